The molecule has 0 bridgehead atoms. The normalized spacial score (nSPS) is 12.2. The highest BCUT2D eigenvalue weighted by Crippen LogP contribution is 2.19. The lowest BCUT2D eigenvalue weighted by Gasteiger charge is -2.18. The highest BCUT2D eigenvalue weighted by Gasteiger charge is 2.16. The molecule has 1 unspecified atom stereocenters. The third-order valence-corrected chi connectivity index (χ3v) is 2.86. The van der Waals surface area contributed by atoms with Gasteiger partial charge in [0.15, 0.2) is 0 Å². The number of rotatable bonds is 4. The van der Waals surface area contributed by atoms with Crippen molar-refractivity contribution in [1.29, 1.82) is 0 Å². The number of aromatic hydroxyl groups is 1. The zero-order chi connectivity index (χ0) is 13.0. The van der Waals surface area contributed by atoms with E-state index in [1.807, 2.05) is 6.92 Å². The van der Waals surface area contributed by atoms with Crippen molar-refractivity contribution in [3.8, 4) is 5.75 Å². The number of halogens is 2. The van der Waals surface area contributed by atoms with Gasteiger partial charge in [0.05, 0.1) is 5.56 Å². The van der Waals surface area contributed by atoms with E-state index in [1.54, 1.807) is 7.05 Å². The summed E-state index contributed by atoms with van der Waals surface area (Å²) in [6, 6.07) is 3.35. The number of nitrogens with zero attached hydrogens (tertiary/aromatic N) is 1. The van der Waals surface area contributed by atoms with Gasteiger partial charge in [-0.15, -0.1) is 0 Å². The van der Waals surface area contributed by atoms with Crippen LogP contribution in [0.1, 0.15) is 23.7 Å². The Bertz CT molecular complexity index is 409. The summed E-state index contributed by atoms with van der Waals surface area (Å²) in [6.45, 7) is 2.53. The molecule has 5 heteroatoms. The summed E-state index contributed by atoms with van der Waals surface area (Å²) in [7, 11) is 1.63. The van der Waals surface area contributed by atoms with Crippen LogP contribution < -0.4 is 0 Å². The molecule has 1 atom stereocenters. The highest BCUT2D eigenvalue weighted by atomic mass is 79.9. The Labute approximate surface area is 108 Å². The van der Waals surface area contributed by atoms with E-state index < -0.39 is 5.82 Å². The molecule has 1 aromatic carbocycles. The van der Waals surface area contributed by atoms with Crippen LogP contribution >= 0.6 is 15.9 Å². The van der Waals surface area contributed by atoms with Gasteiger partial charge in [-0.05, 0) is 24.6 Å². The van der Waals surface area contributed by atoms with E-state index >= 15 is 0 Å². The minimum absolute atomic E-state index is 0.00488. The first-order chi connectivity index (χ1) is 7.91. The predicted octanol–water partition coefficient (Wildman–Crippen LogP) is 2.78. The first kappa shape index (κ1) is 14.0. The zero-order valence-electron chi connectivity index (χ0n) is 9.78. The quantitative estimate of drug-likeness (QED) is 0.869. The Balaban J connectivity index is 2.78. The van der Waals surface area contributed by atoms with Gasteiger partial charge in [-0.2, -0.15) is 0 Å². The first-order valence-electron chi connectivity index (χ1n) is 5.30. The lowest BCUT2D eigenvalue weighted by atomic mass is 10.1. The SMILES string of the molecule is CC(Br)CCN(C)C(=O)c1cc(F)ccc1O. The fourth-order valence-electron chi connectivity index (χ4n) is 1.36. The van der Waals surface area contributed by atoms with Crippen LogP contribution in [0.25, 0.3) is 0 Å². The molecular formula is C12H15BrFNO2. The Hall–Kier alpha value is -1.10. The van der Waals surface area contributed by atoms with E-state index in [0.717, 1.165) is 18.6 Å². The van der Waals surface area contributed by atoms with E-state index in [-0.39, 0.29) is 17.2 Å². The van der Waals surface area contributed by atoms with Crippen LogP contribution in [0, 0.1) is 5.82 Å². The second-order valence-electron chi connectivity index (χ2n) is 3.96. The number of phenolic OH excluding ortho intramolecular Hbond substituents is 1. The molecule has 0 saturated heterocycles. The van der Waals surface area contributed by atoms with Gasteiger partial charge in [0.1, 0.15) is 11.6 Å². The molecule has 94 valence electrons. The molecule has 1 aromatic rings. The Morgan fingerprint density at radius 1 is 1.59 bits per heavy atom. The molecule has 3 nitrogen and oxygen atoms in total. The van der Waals surface area contributed by atoms with Crippen molar-refractivity contribution in [1.82, 2.24) is 4.90 Å². The van der Waals surface area contributed by atoms with Crippen molar-refractivity contribution in [2.75, 3.05) is 13.6 Å². The molecule has 1 rings (SSSR count). The van der Waals surface area contributed by atoms with E-state index in [0.29, 0.717) is 11.4 Å². The van der Waals surface area contributed by atoms with Crippen LogP contribution in [0.3, 0.4) is 0 Å². The fourth-order valence-corrected chi connectivity index (χ4v) is 1.56. The highest BCUT2D eigenvalue weighted by molar-refractivity contribution is 9.09. The zero-order valence-corrected chi connectivity index (χ0v) is 11.4. The van der Waals surface area contributed by atoms with Crippen molar-refractivity contribution in [3.05, 3.63) is 29.6 Å². The molecule has 0 aromatic heterocycles. The predicted molar refractivity (Wildman–Crippen MR) is 68.0 cm³/mol. The maximum atomic E-state index is 13.0. The molecule has 0 aliphatic carbocycles. The Morgan fingerprint density at radius 2 is 2.24 bits per heavy atom. The number of phenols is 1. The molecule has 0 spiro atoms. The van der Waals surface area contributed by atoms with Gasteiger partial charge >= 0.3 is 0 Å². The fraction of sp³-hybridized carbons (Fsp3) is 0.417. The molecular weight excluding hydrogens is 289 g/mol. The number of carbonyl (C=O) groups is 1. The van der Waals surface area contributed by atoms with Crippen LogP contribution in [0.15, 0.2) is 18.2 Å². The van der Waals surface area contributed by atoms with Crippen LogP contribution in [0.5, 0.6) is 5.75 Å². The third kappa shape index (κ3) is 4.00. The van der Waals surface area contributed by atoms with Crippen molar-refractivity contribution < 1.29 is 14.3 Å². The molecule has 1 N–H and O–H groups in total. The van der Waals surface area contributed by atoms with E-state index in [1.165, 1.54) is 11.0 Å². The number of hydrogen-bond acceptors (Lipinski definition) is 2. The van der Waals surface area contributed by atoms with Crippen molar-refractivity contribution in [2.45, 2.75) is 18.2 Å². The summed E-state index contributed by atoms with van der Waals surface area (Å²) in [4.78, 5) is 13.7. The van der Waals surface area contributed by atoms with Gasteiger partial charge < -0.3 is 10.0 Å². The number of hydrogen-bond donors (Lipinski definition) is 1. The molecule has 17 heavy (non-hydrogen) atoms. The molecule has 0 radical (unpaired) electrons. The van der Waals surface area contributed by atoms with Gasteiger partial charge in [-0.3, -0.25) is 4.79 Å². The second-order valence-corrected chi connectivity index (χ2v) is 5.52. The number of benzene rings is 1. The third-order valence-electron chi connectivity index (χ3n) is 2.40. The van der Waals surface area contributed by atoms with Crippen molar-refractivity contribution >= 4 is 21.8 Å². The van der Waals surface area contributed by atoms with Gasteiger partial charge in [-0.1, -0.05) is 22.9 Å². The maximum absolute atomic E-state index is 13.0. The van der Waals surface area contributed by atoms with E-state index in [2.05, 4.69) is 15.9 Å². The summed E-state index contributed by atoms with van der Waals surface area (Å²) in [5.41, 5.74) is -0.00488. The lowest BCUT2D eigenvalue weighted by molar-refractivity contribution is 0.0790. The standard InChI is InChI=1S/C12H15BrFNO2/c1-8(13)5-6-15(2)12(17)10-7-9(14)3-4-11(10)16/h3-4,7-8,16H,5-6H2,1-2H3. The van der Waals surface area contributed by atoms with Gasteiger partial charge in [0.2, 0.25) is 0 Å². The lowest BCUT2D eigenvalue weighted by Crippen LogP contribution is -2.28. The largest absolute Gasteiger partial charge is 0.507 e. The van der Waals surface area contributed by atoms with Gasteiger partial charge in [-0.25, -0.2) is 4.39 Å². The van der Waals surface area contributed by atoms with Crippen LogP contribution in [0.2, 0.25) is 0 Å². The smallest absolute Gasteiger partial charge is 0.257 e. The van der Waals surface area contributed by atoms with Crippen LogP contribution in [0.4, 0.5) is 4.39 Å². The van der Waals surface area contributed by atoms with Crippen LogP contribution in [-0.2, 0) is 0 Å². The van der Waals surface area contributed by atoms with Crippen molar-refractivity contribution in [3.63, 3.8) is 0 Å². The average Bonchev–Trinajstić information content (AvgIpc) is 2.28. The van der Waals surface area contributed by atoms with Crippen molar-refractivity contribution in [2.24, 2.45) is 0 Å². The first-order valence-corrected chi connectivity index (χ1v) is 6.21. The number of carbonyl (C=O) groups excluding carboxylic acids is 1. The average molecular weight is 304 g/mol. The Morgan fingerprint density at radius 3 is 2.82 bits per heavy atom. The number of amides is 1. The van der Waals surface area contributed by atoms with Crippen LogP contribution in [-0.4, -0.2) is 34.3 Å². The molecule has 0 aliphatic heterocycles. The summed E-state index contributed by atoms with van der Waals surface area (Å²) in [6.07, 6.45) is 0.790. The van der Waals surface area contributed by atoms with Gasteiger partial charge in [0, 0.05) is 18.4 Å². The molecule has 0 aliphatic rings. The molecule has 0 saturated carbocycles. The minimum atomic E-state index is -0.534. The summed E-state index contributed by atoms with van der Waals surface area (Å²) < 4.78 is 13.0. The summed E-state index contributed by atoms with van der Waals surface area (Å²) in [5.74, 6) is -1.11. The maximum Gasteiger partial charge on any atom is 0.257 e. The second kappa shape index (κ2) is 6.00. The topological polar surface area (TPSA) is 40.5 Å². The summed E-state index contributed by atoms with van der Waals surface area (Å²) >= 11 is 3.39. The molecule has 0 heterocycles. The number of alkyl halides is 1. The van der Waals surface area contributed by atoms with Gasteiger partial charge in [0.25, 0.3) is 5.91 Å². The monoisotopic (exact) mass is 303 g/mol. The summed E-state index contributed by atoms with van der Waals surface area (Å²) in [5, 5.41) is 9.51. The molecule has 1 amide bonds. The molecule has 0 fully saturated rings. The minimum Gasteiger partial charge on any atom is -0.507 e. The van der Waals surface area contributed by atoms with E-state index in [9.17, 15) is 14.3 Å². The Kier molecular flexibility index (Phi) is 4.93. The van der Waals surface area contributed by atoms with E-state index in [4.69, 9.17) is 0 Å².